The predicted octanol–water partition coefficient (Wildman–Crippen LogP) is -0.0649. The van der Waals surface area contributed by atoms with Crippen LogP contribution in [0.25, 0.3) is 0 Å². The summed E-state index contributed by atoms with van der Waals surface area (Å²) in [6.45, 7) is 4.39. The number of hydrogen-bond acceptors (Lipinski definition) is 6. The minimum absolute atomic E-state index is 0.140. The molecule has 0 unspecified atom stereocenters. The van der Waals surface area contributed by atoms with Crippen LogP contribution in [0.4, 0.5) is 0 Å². The third-order valence-corrected chi connectivity index (χ3v) is 4.22. The van der Waals surface area contributed by atoms with Gasteiger partial charge in [0.2, 0.25) is 5.91 Å². The molecule has 2 heterocycles. The number of unbranched alkanes of at least 4 members (excludes halogenated alkanes) is 3. The summed E-state index contributed by atoms with van der Waals surface area (Å²) in [4.78, 5) is 11.2. The Labute approximate surface area is 130 Å². The number of hydrogen-bond donors (Lipinski definition) is 3. The molecule has 2 fully saturated rings. The first kappa shape index (κ1) is 17.6. The first-order valence-electron chi connectivity index (χ1n) is 8.00. The van der Waals surface area contributed by atoms with E-state index in [2.05, 4.69) is 12.2 Å². The number of fused-ring (bicyclic) bond motifs is 2. The van der Waals surface area contributed by atoms with Crippen LogP contribution in [0.1, 0.15) is 39.5 Å². The summed E-state index contributed by atoms with van der Waals surface area (Å²) in [7, 11) is 0. The number of aliphatic hydroxyl groups is 2. The summed E-state index contributed by atoms with van der Waals surface area (Å²) in [6.07, 6.45) is 1.34. The van der Waals surface area contributed by atoms with Gasteiger partial charge in [-0.05, 0) is 6.42 Å². The Hall–Kier alpha value is -0.730. The third-order valence-electron chi connectivity index (χ3n) is 4.22. The number of ether oxygens (including phenoxy) is 3. The highest BCUT2D eigenvalue weighted by atomic mass is 16.7. The van der Waals surface area contributed by atoms with Crippen molar-refractivity contribution in [2.75, 3.05) is 19.8 Å². The normalized spacial score (nSPS) is 37.3. The number of carbonyl (C=O) groups is 1. The van der Waals surface area contributed by atoms with E-state index >= 15 is 0 Å². The molecule has 1 amide bonds. The number of carbonyl (C=O) groups excluding carboxylic acids is 1. The van der Waals surface area contributed by atoms with Crippen molar-refractivity contribution < 1.29 is 29.2 Å². The van der Waals surface area contributed by atoms with E-state index < -0.39 is 30.1 Å². The van der Waals surface area contributed by atoms with Gasteiger partial charge in [-0.15, -0.1) is 0 Å². The second kappa shape index (κ2) is 7.70. The molecule has 2 bridgehead atoms. The van der Waals surface area contributed by atoms with Gasteiger partial charge in [-0.1, -0.05) is 26.2 Å². The molecule has 0 aromatic carbocycles. The quantitative estimate of drug-likeness (QED) is 0.543. The Kier molecular flexibility index (Phi) is 6.17. The van der Waals surface area contributed by atoms with Crippen LogP contribution in [0.5, 0.6) is 0 Å². The molecule has 128 valence electrons. The molecule has 0 saturated carbocycles. The lowest BCUT2D eigenvalue weighted by atomic mass is 9.88. The van der Waals surface area contributed by atoms with Crippen molar-refractivity contribution in [1.29, 1.82) is 0 Å². The van der Waals surface area contributed by atoms with Gasteiger partial charge in [-0.2, -0.15) is 0 Å². The van der Waals surface area contributed by atoms with Gasteiger partial charge in [0.05, 0.1) is 13.2 Å². The van der Waals surface area contributed by atoms with E-state index in [1.807, 2.05) is 0 Å². The third kappa shape index (κ3) is 3.78. The van der Waals surface area contributed by atoms with E-state index in [9.17, 15) is 15.0 Å². The number of nitrogens with one attached hydrogen (secondary N) is 1. The Morgan fingerprint density at radius 3 is 2.82 bits per heavy atom. The Bertz CT molecular complexity index is 379. The molecular formula is C15H27NO6. The summed E-state index contributed by atoms with van der Waals surface area (Å²) < 4.78 is 16.8. The average Bonchev–Trinajstić information content (AvgIpc) is 2.88. The van der Waals surface area contributed by atoms with Crippen LogP contribution < -0.4 is 5.32 Å². The molecule has 2 aliphatic rings. The van der Waals surface area contributed by atoms with Crippen molar-refractivity contribution in [3.05, 3.63) is 0 Å². The summed E-state index contributed by atoms with van der Waals surface area (Å²) in [5, 5.41) is 23.1. The van der Waals surface area contributed by atoms with Crippen molar-refractivity contribution in [2.45, 2.75) is 69.7 Å². The van der Waals surface area contributed by atoms with E-state index in [4.69, 9.17) is 14.2 Å². The van der Waals surface area contributed by atoms with Crippen LogP contribution in [-0.4, -0.2) is 66.1 Å². The van der Waals surface area contributed by atoms with Crippen LogP contribution in [0.3, 0.4) is 0 Å². The van der Waals surface area contributed by atoms with Gasteiger partial charge < -0.3 is 29.7 Å². The van der Waals surface area contributed by atoms with E-state index in [0.29, 0.717) is 6.61 Å². The summed E-state index contributed by atoms with van der Waals surface area (Å²) >= 11 is 0. The molecule has 3 N–H and O–H groups in total. The summed E-state index contributed by atoms with van der Waals surface area (Å²) in [5.74, 6) is -0.310. The second-order valence-electron chi connectivity index (χ2n) is 6.14. The largest absolute Gasteiger partial charge is 0.388 e. The van der Waals surface area contributed by atoms with Gasteiger partial charge in [0.15, 0.2) is 6.29 Å². The lowest BCUT2D eigenvalue weighted by Crippen LogP contribution is -2.66. The molecule has 0 spiro atoms. The first-order chi connectivity index (χ1) is 10.5. The smallest absolute Gasteiger partial charge is 0.217 e. The number of rotatable bonds is 8. The highest BCUT2D eigenvalue weighted by molar-refractivity contribution is 5.73. The zero-order valence-electron chi connectivity index (χ0n) is 13.3. The SMILES string of the molecule is CCCCCCOC[C@@]12CO[C@@H](O1)[C@H](NC(C)=O)[C@@H](O)[C@H]2O. The fraction of sp³-hybridized carbons (Fsp3) is 0.933. The molecular weight excluding hydrogens is 290 g/mol. The molecule has 0 aromatic rings. The Balaban J connectivity index is 1.86. The maximum Gasteiger partial charge on any atom is 0.217 e. The lowest BCUT2D eigenvalue weighted by Gasteiger charge is -2.42. The first-order valence-corrected chi connectivity index (χ1v) is 8.00. The molecule has 2 saturated heterocycles. The monoisotopic (exact) mass is 317 g/mol. The fourth-order valence-corrected chi connectivity index (χ4v) is 2.95. The number of amides is 1. The van der Waals surface area contributed by atoms with Crippen LogP contribution >= 0.6 is 0 Å². The van der Waals surface area contributed by atoms with Crippen LogP contribution in [0.15, 0.2) is 0 Å². The highest BCUT2D eigenvalue weighted by Crippen LogP contribution is 2.37. The minimum atomic E-state index is -1.17. The maximum absolute atomic E-state index is 11.2. The minimum Gasteiger partial charge on any atom is -0.388 e. The number of aliphatic hydroxyl groups excluding tert-OH is 2. The Morgan fingerprint density at radius 2 is 2.14 bits per heavy atom. The average molecular weight is 317 g/mol. The van der Waals surface area contributed by atoms with Gasteiger partial charge in [-0.3, -0.25) is 4.79 Å². The van der Waals surface area contributed by atoms with Crippen molar-refractivity contribution >= 4 is 5.91 Å². The molecule has 2 aliphatic heterocycles. The van der Waals surface area contributed by atoms with Crippen molar-refractivity contribution in [3.63, 3.8) is 0 Å². The molecule has 2 rings (SSSR count). The van der Waals surface area contributed by atoms with Gasteiger partial charge >= 0.3 is 0 Å². The molecule has 7 heteroatoms. The summed E-state index contributed by atoms with van der Waals surface area (Å²) in [5.41, 5.74) is -1.05. The van der Waals surface area contributed by atoms with E-state index in [0.717, 1.165) is 19.3 Å². The molecule has 5 atom stereocenters. The predicted molar refractivity (Wildman–Crippen MR) is 78.1 cm³/mol. The van der Waals surface area contributed by atoms with Crippen LogP contribution in [-0.2, 0) is 19.0 Å². The lowest BCUT2D eigenvalue weighted by molar-refractivity contribution is -0.237. The zero-order valence-corrected chi connectivity index (χ0v) is 13.3. The van der Waals surface area contributed by atoms with Gasteiger partial charge in [0, 0.05) is 13.5 Å². The van der Waals surface area contributed by atoms with E-state index in [1.54, 1.807) is 0 Å². The van der Waals surface area contributed by atoms with E-state index in [-0.39, 0.29) is 19.1 Å². The molecule has 0 aliphatic carbocycles. The molecule has 0 aromatic heterocycles. The van der Waals surface area contributed by atoms with Crippen molar-refractivity contribution in [2.24, 2.45) is 0 Å². The molecule has 0 radical (unpaired) electrons. The van der Waals surface area contributed by atoms with Crippen LogP contribution in [0.2, 0.25) is 0 Å². The molecule has 7 nitrogen and oxygen atoms in total. The van der Waals surface area contributed by atoms with Gasteiger partial charge in [0.1, 0.15) is 23.9 Å². The van der Waals surface area contributed by atoms with Gasteiger partial charge in [0.25, 0.3) is 0 Å². The van der Waals surface area contributed by atoms with Crippen molar-refractivity contribution in [1.82, 2.24) is 5.32 Å². The second-order valence-corrected chi connectivity index (χ2v) is 6.14. The van der Waals surface area contributed by atoms with E-state index in [1.165, 1.54) is 13.3 Å². The zero-order chi connectivity index (χ0) is 16.2. The summed E-state index contributed by atoms with van der Waals surface area (Å²) in [6, 6.07) is -0.771. The van der Waals surface area contributed by atoms with Crippen LogP contribution in [0, 0.1) is 0 Å². The maximum atomic E-state index is 11.2. The standard InChI is InChI=1S/C15H27NO6/c1-3-4-5-6-7-20-8-15-9-21-14(22-15)11(16-10(2)17)12(18)13(15)19/h11-14,18-19H,3-9H2,1-2H3,(H,16,17)/t11-,12-,13-,14+,15+/m1/s1. The highest BCUT2D eigenvalue weighted by Gasteiger charge is 2.59. The topological polar surface area (TPSA) is 97.2 Å². The molecule has 22 heavy (non-hydrogen) atoms. The van der Waals surface area contributed by atoms with Gasteiger partial charge in [-0.25, -0.2) is 0 Å². The Morgan fingerprint density at radius 1 is 1.36 bits per heavy atom. The fourth-order valence-electron chi connectivity index (χ4n) is 2.95. The van der Waals surface area contributed by atoms with Crippen molar-refractivity contribution in [3.8, 4) is 0 Å².